The number of hydrogen-bond acceptors (Lipinski definition) is 4. The van der Waals surface area contributed by atoms with Crippen LogP contribution in [0.2, 0.25) is 0 Å². The van der Waals surface area contributed by atoms with Crippen molar-refractivity contribution in [3.63, 3.8) is 0 Å². The summed E-state index contributed by atoms with van der Waals surface area (Å²) in [6, 6.07) is 16.1. The van der Waals surface area contributed by atoms with Gasteiger partial charge < -0.3 is 4.57 Å². The normalized spacial score (nSPS) is 16.4. The lowest BCUT2D eigenvalue weighted by atomic mass is 10.1. The van der Waals surface area contributed by atoms with Gasteiger partial charge in [0.15, 0.2) is 5.78 Å². The summed E-state index contributed by atoms with van der Waals surface area (Å²) in [5.41, 5.74) is 4.58. The third-order valence-electron chi connectivity index (χ3n) is 7.06. The van der Waals surface area contributed by atoms with Gasteiger partial charge in [0, 0.05) is 34.9 Å². The van der Waals surface area contributed by atoms with E-state index < -0.39 is 0 Å². The number of thiophene rings is 1. The van der Waals surface area contributed by atoms with Crippen LogP contribution in [0.1, 0.15) is 51.2 Å². The van der Waals surface area contributed by atoms with Gasteiger partial charge in [-0.3, -0.25) is 19.2 Å². The van der Waals surface area contributed by atoms with Crippen molar-refractivity contribution in [2.45, 2.75) is 39.7 Å². The maximum Gasteiger partial charge on any atom is 0.295 e. The van der Waals surface area contributed by atoms with E-state index in [1.807, 2.05) is 73.5 Å². The Morgan fingerprint density at radius 2 is 1.82 bits per heavy atom. The molecular weight excluding hydrogens is 444 g/mol. The van der Waals surface area contributed by atoms with Crippen LogP contribution in [-0.2, 0) is 7.05 Å². The van der Waals surface area contributed by atoms with E-state index in [2.05, 4.69) is 22.4 Å². The number of nitrogens with zero attached hydrogens (tertiary/aromatic N) is 4. The summed E-state index contributed by atoms with van der Waals surface area (Å²) in [5.74, 6) is 0.111. The fraction of sp³-hybridized carbons (Fsp3) is 0.333. The molecule has 0 spiro atoms. The highest BCUT2D eigenvalue weighted by molar-refractivity contribution is 7.10. The van der Waals surface area contributed by atoms with E-state index in [9.17, 15) is 9.59 Å². The molecule has 34 heavy (non-hydrogen) atoms. The fourth-order valence-electron chi connectivity index (χ4n) is 5.29. The van der Waals surface area contributed by atoms with Crippen LogP contribution in [0.25, 0.3) is 11.4 Å². The van der Waals surface area contributed by atoms with Crippen molar-refractivity contribution in [2.75, 3.05) is 13.1 Å². The van der Waals surface area contributed by atoms with Gasteiger partial charge in [-0.15, -0.1) is 11.3 Å². The minimum Gasteiger partial charge on any atom is -0.311 e. The molecule has 0 aliphatic carbocycles. The molecule has 176 valence electrons. The van der Waals surface area contributed by atoms with E-state index in [1.54, 1.807) is 16.0 Å². The number of Topliss-reactive ketones (excluding diaryl/α,β-unsaturated/α-hetero) is 1. The molecule has 6 nitrogen and oxygen atoms in total. The van der Waals surface area contributed by atoms with Crippen LogP contribution < -0.4 is 5.56 Å². The Kier molecular flexibility index (Phi) is 5.91. The standard InChI is InChI=1S/C27H30N4O2S/c1-18-16-22(24(32)17-29-14-8-12-23(29)25-13-9-15-34-25)19(2)30(18)26-20(3)28(4)31(27(26)33)21-10-6-5-7-11-21/h5-7,9-11,13,15-16,23H,8,12,14,17H2,1-4H3. The molecule has 4 heterocycles. The number of carbonyl (C=O) groups is 1. The lowest BCUT2D eigenvalue weighted by molar-refractivity contribution is 0.0922. The topological polar surface area (TPSA) is 52.2 Å². The molecule has 4 aromatic rings. The molecule has 1 unspecified atom stereocenters. The van der Waals surface area contributed by atoms with E-state index in [-0.39, 0.29) is 11.3 Å². The number of rotatable bonds is 6. The summed E-state index contributed by atoms with van der Waals surface area (Å²) < 4.78 is 5.51. The molecule has 7 heteroatoms. The number of hydrogen-bond donors (Lipinski definition) is 0. The highest BCUT2D eigenvalue weighted by atomic mass is 32.1. The second-order valence-corrected chi connectivity index (χ2v) is 10.1. The number of benzene rings is 1. The van der Waals surface area contributed by atoms with Gasteiger partial charge in [0.2, 0.25) is 0 Å². The Hall–Kier alpha value is -3.16. The smallest absolute Gasteiger partial charge is 0.295 e. The number of likely N-dealkylation sites (tertiary alicyclic amines) is 1. The summed E-state index contributed by atoms with van der Waals surface area (Å²) in [7, 11) is 1.89. The molecule has 1 aliphatic rings. The summed E-state index contributed by atoms with van der Waals surface area (Å²) in [6.07, 6.45) is 2.20. The Morgan fingerprint density at radius 3 is 2.53 bits per heavy atom. The zero-order valence-electron chi connectivity index (χ0n) is 20.1. The molecule has 1 aromatic carbocycles. The van der Waals surface area contributed by atoms with E-state index >= 15 is 0 Å². The third kappa shape index (κ3) is 3.69. The van der Waals surface area contributed by atoms with Crippen molar-refractivity contribution >= 4 is 17.1 Å². The maximum atomic E-state index is 13.6. The average Bonchev–Trinajstić information content (AvgIpc) is 3.60. The average molecular weight is 475 g/mol. The van der Waals surface area contributed by atoms with E-state index in [1.165, 1.54) is 4.88 Å². The number of ketones is 1. The van der Waals surface area contributed by atoms with Gasteiger partial charge in [0.05, 0.1) is 17.9 Å². The summed E-state index contributed by atoms with van der Waals surface area (Å²) in [6.45, 7) is 7.19. The van der Waals surface area contributed by atoms with Gasteiger partial charge in [-0.1, -0.05) is 24.3 Å². The number of aromatic nitrogens is 3. The Bertz CT molecular complexity index is 1390. The van der Waals surface area contributed by atoms with Crippen molar-refractivity contribution < 1.29 is 4.79 Å². The van der Waals surface area contributed by atoms with Crippen LogP contribution in [0.15, 0.2) is 58.7 Å². The number of aryl methyl sites for hydroxylation is 1. The largest absolute Gasteiger partial charge is 0.311 e. The Balaban J connectivity index is 1.50. The molecule has 0 radical (unpaired) electrons. The van der Waals surface area contributed by atoms with Crippen LogP contribution in [0, 0.1) is 20.8 Å². The predicted octanol–water partition coefficient (Wildman–Crippen LogP) is 4.97. The molecule has 5 rings (SSSR count). The molecule has 1 atom stereocenters. The zero-order valence-corrected chi connectivity index (χ0v) is 20.9. The zero-order chi connectivity index (χ0) is 24.0. The molecular formula is C27H30N4O2S. The van der Waals surface area contributed by atoms with Crippen LogP contribution in [0.5, 0.6) is 0 Å². The van der Waals surface area contributed by atoms with Gasteiger partial charge in [-0.05, 0) is 69.8 Å². The monoisotopic (exact) mass is 474 g/mol. The van der Waals surface area contributed by atoms with Crippen LogP contribution in [-0.4, -0.2) is 37.7 Å². The number of para-hydroxylation sites is 1. The SMILES string of the molecule is Cc1cc(C(=O)CN2CCCC2c2cccs2)c(C)n1-c1c(C)n(C)n(-c2ccccc2)c1=O. The third-order valence-corrected chi connectivity index (χ3v) is 8.03. The molecule has 3 aromatic heterocycles. The van der Waals surface area contributed by atoms with Gasteiger partial charge in [-0.2, -0.15) is 0 Å². The lowest BCUT2D eigenvalue weighted by Crippen LogP contribution is -2.29. The predicted molar refractivity (Wildman–Crippen MR) is 137 cm³/mol. The summed E-state index contributed by atoms with van der Waals surface area (Å²) in [5, 5.41) is 2.10. The first-order valence-electron chi connectivity index (χ1n) is 11.7. The van der Waals surface area contributed by atoms with Crippen molar-refractivity contribution in [1.82, 2.24) is 18.8 Å². The molecule has 0 saturated carbocycles. The van der Waals surface area contributed by atoms with Crippen molar-refractivity contribution in [1.29, 1.82) is 0 Å². The van der Waals surface area contributed by atoms with Crippen LogP contribution >= 0.6 is 11.3 Å². The van der Waals surface area contributed by atoms with Gasteiger partial charge in [0.1, 0.15) is 5.69 Å². The van der Waals surface area contributed by atoms with E-state index in [0.717, 1.165) is 42.2 Å². The Morgan fingerprint density at radius 1 is 1.06 bits per heavy atom. The maximum absolute atomic E-state index is 13.6. The second kappa shape index (κ2) is 8.89. The highest BCUT2D eigenvalue weighted by Gasteiger charge is 2.30. The molecule has 0 N–H and O–H groups in total. The number of carbonyl (C=O) groups excluding carboxylic acids is 1. The Labute approximate surface area is 203 Å². The molecule has 0 bridgehead atoms. The summed E-state index contributed by atoms with van der Waals surface area (Å²) >= 11 is 1.76. The van der Waals surface area contributed by atoms with Crippen LogP contribution in [0.4, 0.5) is 0 Å². The molecule has 1 aliphatic heterocycles. The van der Waals surface area contributed by atoms with Gasteiger partial charge in [0.25, 0.3) is 5.56 Å². The van der Waals surface area contributed by atoms with E-state index in [4.69, 9.17) is 0 Å². The minimum atomic E-state index is -0.0932. The minimum absolute atomic E-state index is 0.0932. The lowest BCUT2D eigenvalue weighted by Gasteiger charge is -2.22. The first-order chi connectivity index (χ1) is 16.4. The van der Waals surface area contributed by atoms with Crippen molar-refractivity contribution in [3.05, 3.63) is 91.8 Å². The molecule has 1 fully saturated rings. The second-order valence-electron chi connectivity index (χ2n) is 9.10. The summed E-state index contributed by atoms with van der Waals surface area (Å²) in [4.78, 5) is 30.7. The van der Waals surface area contributed by atoms with E-state index in [0.29, 0.717) is 23.8 Å². The van der Waals surface area contributed by atoms with Gasteiger partial charge >= 0.3 is 0 Å². The van der Waals surface area contributed by atoms with Crippen LogP contribution in [0.3, 0.4) is 0 Å². The van der Waals surface area contributed by atoms with Gasteiger partial charge in [-0.25, -0.2) is 4.68 Å². The quantitative estimate of drug-likeness (QED) is 0.371. The molecule has 0 amide bonds. The highest BCUT2D eigenvalue weighted by Crippen LogP contribution is 2.34. The first kappa shape index (κ1) is 22.6. The van der Waals surface area contributed by atoms with Crippen molar-refractivity contribution in [3.8, 4) is 11.4 Å². The van der Waals surface area contributed by atoms with Crippen molar-refractivity contribution in [2.24, 2.45) is 7.05 Å². The first-order valence-corrected chi connectivity index (χ1v) is 12.6. The fourth-order valence-corrected chi connectivity index (χ4v) is 6.18. The molecule has 1 saturated heterocycles.